The van der Waals surface area contributed by atoms with Crippen molar-refractivity contribution in [3.05, 3.63) is 47.8 Å². The molecule has 1 aromatic heterocycles. The van der Waals surface area contributed by atoms with E-state index in [9.17, 15) is 22.8 Å². The minimum absolute atomic E-state index is 0.141. The number of rotatable bonds is 6. The lowest BCUT2D eigenvalue weighted by Crippen LogP contribution is -2.25. The van der Waals surface area contributed by atoms with Crippen molar-refractivity contribution in [3.8, 4) is 0 Å². The summed E-state index contributed by atoms with van der Waals surface area (Å²) in [5.41, 5.74) is -0.211. The first kappa shape index (κ1) is 19.2. The van der Waals surface area contributed by atoms with Crippen LogP contribution in [0.3, 0.4) is 0 Å². The Hall–Kier alpha value is -2.62. The summed E-state index contributed by atoms with van der Waals surface area (Å²) in [5, 5.41) is 5.31. The number of amides is 2. The van der Waals surface area contributed by atoms with Crippen molar-refractivity contribution in [1.82, 2.24) is 15.3 Å². The van der Waals surface area contributed by atoms with E-state index in [0.717, 1.165) is 36.9 Å². The van der Waals surface area contributed by atoms with E-state index in [2.05, 4.69) is 20.6 Å². The molecule has 0 atom stereocenters. The molecule has 2 aromatic rings. The summed E-state index contributed by atoms with van der Waals surface area (Å²) in [7, 11) is 0. The Morgan fingerprint density at radius 1 is 1.22 bits per heavy atom. The van der Waals surface area contributed by atoms with Gasteiger partial charge in [-0.3, -0.25) is 9.59 Å². The molecule has 27 heavy (non-hydrogen) atoms. The van der Waals surface area contributed by atoms with E-state index in [0.29, 0.717) is 11.3 Å². The van der Waals surface area contributed by atoms with Crippen molar-refractivity contribution in [3.63, 3.8) is 0 Å². The van der Waals surface area contributed by atoms with E-state index in [-0.39, 0.29) is 22.9 Å². The Morgan fingerprint density at radius 3 is 2.70 bits per heavy atom. The Labute approximate surface area is 157 Å². The number of carbonyl (C=O) groups excluding carboxylic acids is 2. The molecule has 0 bridgehead atoms. The topological polar surface area (TPSA) is 84.0 Å². The highest BCUT2D eigenvalue weighted by molar-refractivity contribution is 7.99. The van der Waals surface area contributed by atoms with Gasteiger partial charge in [-0.2, -0.15) is 13.2 Å². The number of hydrogen-bond acceptors (Lipinski definition) is 5. The van der Waals surface area contributed by atoms with Gasteiger partial charge in [0.15, 0.2) is 5.16 Å². The minimum atomic E-state index is -4.57. The van der Waals surface area contributed by atoms with Crippen LogP contribution in [0.2, 0.25) is 0 Å². The molecule has 2 N–H and O–H groups in total. The van der Waals surface area contributed by atoms with Crippen molar-refractivity contribution in [1.29, 1.82) is 0 Å². The van der Waals surface area contributed by atoms with Crippen molar-refractivity contribution in [2.24, 2.45) is 0 Å². The first-order valence-electron chi connectivity index (χ1n) is 8.05. The lowest BCUT2D eigenvalue weighted by Gasteiger charge is -2.08. The highest BCUT2D eigenvalue weighted by atomic mass is 32.2. The van der Waals surface area contributed by atoms with Gasteiger partial charge in [0.2, 0.25) is 5.91 Å². The predicted octanol–water partition coefficient (Wildman–Crippen LogP) is 3.12. The van der Waals surface area contributed by atoms with Gasteiger partial charge in [0.1, 0.15) is 5.69 Å². The first-order chi connectivity index (χ1) is 12.8. The summed E-state index contributed by atoms with van der Waals surface area (Å²) in [4.78, 5) is 31.2. The third-order valence-corrected chi connectivity index (χ3v) is 4.44. The molecule has 142 valence electrons. The average molecular weight is 396 g/mol. The number of benzene rings is 1. The van der Waals surface area contributed by atoms with Crippen LogP contribution in [0.15, 0.2) is 41.7 Å². The minimum Gasteiger partial charge on any atom is -0.349 e. The van der Waals surface area contributed by atoms with E-state index in [1.165, 1.54) is 0 Å². The number of thioether (sulfide) groups is 1. The van der Waals surface area contributed by atoms with Gasteiger partial charge in [-0.25, -0.2) is 9.97 Å². The fraction of sp³-hybridized carbons (Fsp3) is 0.294. The summed E-state index contributed by atoms with van der Waals surface area (Å²) in [6.07, 6.45) is -1.63. The number of hydrogen-bond donors (Lipinski definition) is 2. The van der Waals surface area contributed by atoms with Gasteiger partial charge in [-0.1, -0.05) is 17.8 Å². The summed E-state index contributed by atoms with van der Waals surface area (Å²) in [5.74, 6) is -0.819. The zero-order chi connectivity index (χ0) is 19.4. The van der Waals surface area contributed by atoms with E-state index < -0.39 is 17.8 Å². The summed E-state index contributed by atoms with van der Waals surface area (Å²) in [6.45, 7) is 0. The molecule has 6 nitrogen and oxygen atoms in total. The van der Waals surface area contributed by atoms with Crippen molar-refractivity contribution >= 4 is 29.3 Å². The van der Waals surface area contributed by atoms with Gasteiger partial charge in [0.25, 0.3) is 5.91 Å². The third-order valence-electron chi connectivity index (χ3n) is 3.58. The molecule has 2 amide bonds. The number of carbonyl (C=O) groups is 2. The van der Waals surface area contributed by atoms with E-state index in [4.69, 9.17) is 0 Å². The van der Waals surface area contributed by atoms with Crippen molar-refractivity contribution < 1.29 is 22.8 Å². The Balaban J connectivity index is 1.56. The van der Waals surface area contributed by atoms with Crippen LogP contribution in [0.4, 0.5) is 18.9 Å². The fourth-order valence-electron chi connectivity index (χ4n) is 2.13. The van der Waals surface area contributed by atoms with Gasteiger partial charge in [-0.15, -0.1) is 0 Å². The van der Waals surface area contributed by atoms with Gasteiger partial charge in [0.05, 0.1) is 5.75 Å². The van der Waals surface area contributed by atoms with Crippen LogP contribution in [-0.4, -0.2) is 33.6 Å². The van der Waals surface area contributed by atoms with Crippen molar-refractivity contribution in [2.75, 3.05) is 11.1 Å². The molecule has 0 saturated heterocycles. The van der Waals surface area contributed by atoms with Gasteiger partial charge < -0.3 is 10.6 Å². The highest BCUT2D eigenvalue weighted by Gasteiger charge is 2.32. The first-order valence-corrected chi connectivity index (χ1v) is 9.03. The number of nitrogens with zero attached hydrogens (tertiary/aromatic N) is 2. The highest BCUT2D eigenvalue weighted by Crippen LogP contribution is 2.28. The van der Waals surface area contributed by atoms with Crippen molar-refractivity contribution in [2.45, 2.75) is 30.2 Å². The molecule has 10 heteroatoms. The fourth-order valence-corrected chi connectivity index (χ4v) is 2.76. The molecule has 1 fully saturated rings. The maximum Gasteiger partial charge on any atom is 0.433 e. The van der Waals surface area contributed by atoms with E-state index in [1.807, 2.05) is 0 Å². The summed E-state index contributed by atoms with van der Waals surface area (Å²) in [6, 6.07) is 7.43. The lowest BCUT2D eigenvalue weighted by molar-refractivity contribution is -0.141. The molecule has 0 unspecified atom stereocenters. The third kappa shape index (κ3) is 5.68. The van der Waals surface area contributed by atoms with Crippen LogP contribution in [0.1, 0.15) is 28.9 Å². The van der Waals surface area contributed by atoms with Gasteiger partial charge in [-0.05, 0) is 37.1 Å². The molecule has 1 saturated carbocycles. The lowest BCUT2D eigenvalue weighted by atomic mass is 10.2. The number of nitrogens with one attached hydrogen (secondary N) is 2. The Morgan fingerprint density at radius 2 is 2.00 bits per heavy atom. The molecular formula is C17H15F3N4O2S. The second-order valence-corrected chi connectivity index (χ2v) is 6.83. The molecule has 0 aliphatic heterocycles. The number of halogens is 3. The van der Waals surface area contributed by atoms with Crippen LogP contribution >= 0.6 is 11.8 Å². The molecule has 3 rings (SSSR count). The van der Waals surface area contributed by atoms with E-state index >= 15 is 0 Å². The molecule has 1 aliphatic rings. The number of alkyl halides is 3. The Bertz CT molecular complexity index is 856. The predicted molar refractivity (Wildman–Crippen MR) is 93.3 cm³/mol. The Kier molecular flexibility index (Phi) is 5.64. The SMILES string of the molecule is O=C(CSc1nccc(C(F)(F)F)n1)Nc1cccc(C(=O)NC2CC2)c1. The molecular weight excluding hydrogens is 381 g/mol. The smallest absolute Gasteiger partial charge is 0.349 e. The van der Waals surface area contributed by atoms with Crippen LogP contribution < -0.4 is 10.6 Å². The monoisotopic (exact) mass is 396 g/mol. The molecule has 1 aromatic carbocycles. The van der Waals surface area contributed by atoms with E-state index in [1.54, 1.807) is 24.3 Å². The van der Waals surface area contributed by atoms with Gasteiger partial charge >= 0.3 is 6.18 Å². The maximum absolute atomic E-state index is 12.6. The maximum atomic E-state index is 12.6. The molecule has 0 radical (unpaired) electrons. The van der Waals surface area contributed by atoms with Crippen LogP contribution in [0.25, 0.3) is 0 Å². The molecule has 1 aliphatic carbocycles. The van der Waals surface area contributed by atoms with Crippen LogP contribution in [0.5, 0.6) is 0 Å². The number of anilines is 1. The van der Waals surface area contributed by atoms with Crippen LogP contribution in [0, 0.1) is 0 Å². The summed E-state index contributed by atoms with van der Waals surface area (Å²) >= 11 is 0.792. The zero-order valence-corrected chi connectivity index (χ0v) is 14.7. The molecule has 0 spiro atoms. The summed E-state index contributed by atoms with van der Waals surface area (Å²) < 4.78 is 37.9. The zero-order valence-electron chi connectivity index (χ0n) is 13.9. The number of aromatic nitrogens is 2. The normalized spacial score (nSPS) is 13.9. The molecule has 1 heterocycles. The largest absolute Gasteiger partial charge is 0.433 e. The second kappa shape index (κ2) is 7.95. The average Bonchev–Trinajstić information content (AvgIpc) is 3.44. The standard InChI is InChI=1S/C17H15F3N4O2S/c18-17(19,20)13-6-7-21-16(24-13)27-9-14(25)22-12-3-1-2-10(8-12)15(26)23-11-4-5-11/h1-3,6-8,11H,4-5,9H2,(H,22,25)(H,23,26). The van der Waals surface area contributed by atoms with Crippen LogP contribution in [-0.2, 0) is 11.0 Å². The second-order valence-electron chi connectivity index (χ2n) is 5.89. The van der Waals surface area contributed by atoms with Gasteiger partial charge in [0, 0.05) is 23.5 Å². The quantitative estimate of drug-likeness (QED) is 0.579.